The van der Waals surface area contributed by atoms with Gasteiger partial charge >= 0.3 is 0 Å². The quantitative estimate of drug-likeness (QED) is 0.929. The lowest BCUT2D eigenvalue weighted by Crippen LogP contribution is -2.37. The van der Waals surface area contributed by atoms with Crippen LogP contribution in [0.4, 0.5) is 0 Å². The molecule has 1 aliphatic rings. The van der Waals surface area contributed by atoms with Crippen LogP contribution in [0.1, 0.15) is 22.3 Å². The molecule has 1 aliphatic heterocycles. The molecule has 2 heterocycles. The highest BCUT2D eigenvalue weighted by molar-refractivity contribution is 6.30. The van der Waals surface area contributed by atoms with Crippen LogP contribution >= 0.6 is 11.6 Å². The zero-order valence-corrected chi connectivity index (χ0v) is 14.1. The average Bonchev–Trinajstić information content (AvgIpc) is 2.95. The van der Waals surface area contributed by atoms with Crippen LogP contribution < -0.4 is 0 Å². The van der Waals surface area contributed by atoms with Gasteiger partial charge in [0.05, 0.1) is 6.42 Å². The second kappa shape index (κ2) is 7.53. The summed E-state index contributed by atoms with van der Waals surface area (Å²) in [6.45, 7) is 2.45. The van der Waals surface area contributed by atoms with E-state index in [9.17, 15) is 9.59 Å². The highest BCUT2D eigenvalue weighted by Crippen LogP contribution is 2.15. The van der Waals surface area contributed by atoms with Crippen molar-refractivity contribution in [2.45, 2.75) is 12.8 Å². The highest BCUT2D eigenvalue weighted by atomic mass is 35.5. The summed E-state index contributed by atoms with van der Waals surface area (Å²) in [6, 6.07) is 8.89. The molecule has 0 unspecified atom stereocenters. The molecule has 0 spiro atoms. The zero-order chi connectivity index (χ0) is 16.9. The van der Waals surface area contributed by atoms with E-state index in [1.54, 1.807) is 29.2 Å². The van der Waals surface area contributed by atoms with E-state index in [1.165, 1.54) is 0 Å². The summed E-state index contributed by atoms with van der Waals surface area (Å²) in [7, 11) is 0. The largest absolute Gasteiger partial charge is 0.367 e. The van der Waals surface area contributed by atoms with Gasteiger partial charge in [0.25, 0.3) is 5.91 Å². The van der Waals surface area contributed by atoms with Gasteiger partial charge in [-0.05, 0) is 36.2 Å². The molecule has 0 bridgehead atoms. The number of halogens is 1. The number of H-pyrrole nitrogens is 1. The van der Waals surface area contributed by atoms with Crippen LogP contribution in [0, 0.1) is 0 Å². The standard InChI is InChI=1S/C18H20ClN3O2/c19-16-4-1-3-15(12-16)18(24)22-8-2-7-21(9-10-22)17(23)11-14-5-6-20-13-14/h1,3-6,12-13,20H,2,7-11H2. The highest BCUT2D eigenvalue weighted by Gasteiger charge is 2.23. The number of hydrogen-bond donors (Lipinski definition) is 1. The van der Waals surface area contributed by atoms with Crippen molar-refractivity contribution in [1.82, 2.24) is 14.8 Å². The number of hydrogen-bond acceptors (Lipinski definition) is 2. The SMILES string of the molecule is O=C(Cc1cc[nH]c1)N1CCCN(C(=O)c2cccc(Cl)c2)CC1. The van der Waals surface area contributed by atoms with Gasteiger partial charge in [0.15, 0.2) is 0 Å². The van der Waals surface area contributed by atoms with Gasteiger partial charge in [-0.3, -0.25) is 9.59 Å². The normalized spacial score (nSPS) is 15.2. The maximum Gasteiger partial charge on any atom is 0.253 e. The molecule has 126 valence electrons. The van der Waals surface area contributed by atoms with Crippen LogP contribution in [0.15, 0.2) is 42.7 Å². The average molecular weight is 346 g/mol. The molecule has 1 N–H and O–H groups in total. The van der Waals surface area contributed by atoms with Gasteiger partial charge in [0.1, 0.15) is 0 Å². The Labute approximate surface area is 146 Å². The Morgan fingerprint density at radius 2 is 1.88 bits per heavy atom. The predicted octanol–water partition coefficient (Wildman–Crippen LogP) is 2.59. The van der Waals surface area contributed by atoms with Crippen molar-refractivity contribution in [1.29, 1.82) is 0 Å². The molecule has 2 amide bonds. The van der Waals surface area contributed by atoms with Gasteiger partial charge in [-0.2, -0.15) is 0 Å². The van der Waals surface area contributed by atoms with Crippen LogP contribution in [0.5, 0.6) is 0 Å². The molecule has 0 saturated carbocycles. The number of carbonyl (C=O) groups is 2. The molecular formula is C18H20ClN3O2. The Morgan fingerprint density at radius 1 is 1.08 bits per heavy atom. The number of rotatable bonds is 3. The minimum absolute atomic E-state index is 0.0302. The summed E-state index contributed by atoms with van der Waals surface area (Å²) < 4.78 is 0. The van der Waals surface area contributed by atoms with E-state index in [1.807, 2.05) is 23.4 Å². The Balaban J connectivity index is 1.60. The van der Waals surface area contributed by atoms with Crippen LogP contribution in [-0.4, -0.2) is 52.8 Å². The maximum absolute atomic E-state index is 12.6. The van der Waals surface area contributed by atoms with Crippen LogP contribution in [0.2, 0.25) is 5.02 Å². The Hall–Kier alpha value is -2.27. The third-order valence-electron chi connectivity index (χ3n) is 4.23. The zero-order valence-electron chi connectivity index (χ0n) is 13.4. The van der Waals surface area contributed by atoms with Gasteiger partial charge < -0.3 is 14.8 Å². The molecule has 2 aromatic rings. The van der Waals surface area contributed by atoms with Crippen LogP contribution in [0.25, 0.3) is 0 Å². The van der Waals surface area contributed by atoms with Crippen molar-refractivity contribution in [3.05, 3.63) is 58.9 Å². The molecule has 5 nitrogen and oxygen atoms in total. The smallest absolute Gasteiger partial charge is 0.253 e. The van der Waals surface area contributed by atoms with Crippen LogP contribution in [-0.2, 0) is 11.2 Å². The first-order valence-electron chi connectivity index (χ1n) is 8.08. The summed E-state index contributed by atoms with van der Waals surface area (Å²) in [6.07, 6.45) is 4.83. The molecule has 3 rings (SSSR count). The van der Waals surface area contributed by atoms with Crippen molar-refractivity contribution < 1.29 is 9.59 Å². The lowest BCUT2D eigenvalue weighted by Gasteiger charge is -2.22. The third kappa shape index (κ3) is 3.97. The molecule has 1 aromatic carbocycles. The Kier molecular flexibility index (Phi) is 5.20. The summed E-state index contributed by atoms with van der Waals surface area (Å²) in [5, 5.41) is 0.555. The first-order valence-corrected chi connectivity index (χ1v) is 8.45. The summed E-state index contributed by atoms with van der Waals surface area (Å²) in [5.41, 5.74) is 1.57. The minimum Gasteiger partial charge on any atom is -0.367 e. The number of aromatic nitrogens is 1. The lowest BCUT2D eigenvalue weighted by molar-refractivity contribution is -0.130. The van der Waals surface area contributed by atoms with Crippen molar-refractivity contribution in [2.24, 2.45) is 0 Å². The van der Waals surface area contributed by atoms with Gasteiger partial charge in [-0.1, -0.05) is 17.7 Å². The topological polar surface area (TPSA) is 56.4 Å². The van der Waals surface area contributed by atoms with Gasteiger partial charge in [0, 0.05) is 49.2 Å². The van der Waals surface area contributed by atoms with E-state index in [0.717, 1.165) is 12.0 Å². The summed E-state index contributed by atoms with van der Waals surface area (Å²) in [5.74, 6) is 0.0732. The second-order valence-electron chi connectivity index (χ2n) is 5.93. The van der Waals surface area contributed by atoms with Crippen molar-refractivity contribution in [3.8, 4) is 0 Å². The molecule has 0 atom stereocenters. The fraction of sp³-hybridized carbons (Fsp3) is 0.333. The Morgan fingerprint density at radius 3 is 2.62 bits per heavy atom. The van der Waals surface area contributed by atoms with E-state index < -0.39 is 0 Å². The minimum atomic E-state index is -0.0302. The first-order chi connectivity index (χ1) is 11.6. The molecule has 24 heavy (non-hydrogen) atoms. The maximum atomic E-state index is 12.6. The van der Waals surface area contributed by atoms with E-state index >= 15 is 0 Å². The lowest BCUT2D eigenvalue weighted by atomic mass is 10.2. The van der Waals surface area contributed by atoms with Gasteiger partial charge in [-0.25, -0.2) is 0 Å². The fourth-order valence-corrected chi connectivity index (χ4v) is 3.12. The molecule has 1 fully saturated rings. The van der Waals surface area contributed by atoms with Gasteiger partial charge in [0.2, 0.25) is 5.91 Å². The molecule has 0 aliphatic carbocycles. The van der Waals surface area contributed by atoms with E-state index in [4.69, 9.17) is 11.6 Å². The molecule has 6 heteroatoms. The van der Waals surface area contributed by atoms with E-state index in [2.05, 4.69) is 4.98 Å². The Bertz CT molecular complexity index is 715. The van der Waals surface area contributed by atoms with E-state index in [-0.39, 0.29) is 11.8 Å². The van der Waals surface area contributed by atoms with Crippen LogP contribution in [0.3, 0.4) is 0 Å². The molecule has 1 aromatic heterocycles. The number of aromatic amines is 1. The number of carbonyl (C=O) groups excluding carboxylic acids is 2. The second-order valence-corrected chi connectivity index (χ2v) is 6.37. The first kappa shape index (κ1) is 16.6. The van der Waals surface area contributed by atoms with E-state index in [0.29, 0.717) is 43.2 Å². The molecule has 0 radical (unpaired) electrons. The van der Waals surface area contributed by atoms with Gasteiger partial charge in [-0.15, -0.1) is 0 Å². The van der Waals surface area contributed by atoms with Crippen molar-refractivity contribution in [2.75, 3.05) is 26.2 Å². The fourth-order valence-electron chi connectivity index (χ4n) is 2.93. The number of nitrogens with one attached hydrogen (secondary N) is 1. The molecular weight excluding hydrogens is 326 g/mol. The number of nitrogens with zero attached hydrogens (tertiary/aromatic N) is 2. The number of benzene rings is 1. The number of amides is 2. The molecule has 1 saturated heterocycles. The summed E-state index contributed by atoms with van der Waals surface area (Å²) >= 11 is 5.97. The summed E-state index contributed by atoms with van der Waals surface area (Å²) in [4.78, 5) is 31.6. The monoisotopic (exact) mass is 345 g/mol. The predicted molar refractivity (Wildman–Crippen MR) is 93.0 cm³/mol. The van der Waals surface area contributed by atoms with Crippen molar-refractivity contribution >= 4 is 23.4 Å². The third-order valence-corrected chi connectivity index (χ3v) is 4.46. The van der Waals surface area contributed by atoms with Crippen molar-refractivity contribution in [3.63, 3.8) is 0 Å².